The molecule has 2 nitrogen and oxygen atoms in total. The van der Waals surface area contributed by atoms with Gasteiger partial charge in [0.2, 0.25) is 5.78 Å². The number of halogens is 2. The van der Waals surface area contributed by atoms with Crippen LogP contribution in [0.3, 0.4) is 0 Å². The molecule has 5 heteroatoms. The summed E-state index contributed by atoms with van der Waals surface area (Å²) in [5.41, 5.74) is 0. The van der Waals surface area contributed by atoms with Gasteiger partial charge in [-0.1, -0.05) is 13.0 Å². The lowest BCUT2D eigenvalue weighted by molar-refractivity contribution is 0.0924. The molecule has 0 atom stereocenters. The summed E-state index contributed by atoms with van der Waals surface area (Å²) in [4.78, 5) is 14.0. The van der Waals surface area contributed by atoms with Crippen molar-refractivity contribution in [2.45, 2.75) is 13.3 Å². The van der Waals surface area contributed by atoms with Gasteiger partial charge < -0.3 is 4.74 Å². The van der Waals surface area contributed by atoms with E-state index in [4.69, 9.17) is 4.74 Å². The van der Waals surface area contributed by atoms with Crippen LogP contribution in [0.4, 0.5) is 0 Å². The Balaban J connectivity index is 2.04. The van der Waals surface area contributed by atoms with Crippen molar-refractivity contribution in [2.75, 3.05) is 6.61 Å². The highest BCUT2D eigenvalue weighted by molar-refractivity contribution is 9.11. The number of ketones is 1. The van der Waals surface area contributed by atoms with Gasteiger partial charge in [-0.3, -0.25) is 4.79 Å². The van der Waals surface area contributed by atoms with Crippen molar-refractivity contribution >= 4 is 49.0 Å². The van der Waals surface area contributed by atoms with E-state index in [1.54, 1.807) is 0 Å². The number of ether oxygens (including phenoxy) is 1. The summed E-state index contributed by atoms with van der Waals surface area (Å²) >= 11 is 8.34. The molecule has 1 aromatic heterocycles. The molecule has 2 aromatic rings. The number of rotatable bonds is 5. The first-order valence-corrected chi connectivity index (χ1v) is 8.20. The van der Waals surface area contributed by atoms with Crippen LogP contribution in [0.5, 0.6) is 5.75 Å². The van der Waals surface area contributed by atoms with Crippen LogP contribution in [-0.4, -0.2) is 12.4 Å². The molecule has 0 unspecified atom stereocenters. The van der Waals surface area contributed by atoms with E-state index in [1.807, 2.05) is 30.3 Å². The number of thiophene rings is 1. The van der Waals surface area contributed by atoms with Gasteiger partial charge >= 0.3 is 0 Å². The molecule has 0 fully saturated rings. The van der Waals surface area contributed by atoms with E-state index in [0.717, 1.165) is 20.2 Å². The van der Waals surface area contributed by atoms with E-state index in [0.29, 0.717) is 5.75 Å². The molecule has 0 radical (unpaired) electrons. The molecule has 0 saturated carbocycles. The fourth-order valence-electron chi connectivity index (χ4n) is 1.55. The number of hydrogen-bond donors (Lipinski definition) is 0. The van der Waals surface area contributed by atoms with E-state index < -0.39 is 0 Å². The second kappa shape index (κ2) is 6.68. The number of aryl methyl sites for hydroxylation is 1. The minimum absolute atomic E-state index is 0.00681. The lowest BCUT2D eigenvalue weighted by Crippen LogP contribution is -2.10. The zero-order valence-electron chi connectivity index (χ0n) is 10.3. The van der Waals surface area contributed by atoms with Crippen molar-refractivity contribution in [3.05, 3.63) is 49.0 Å². The van der Waals surface area contributed by atoms with Crippen molar-refractivity contribution in [1.82, 2.24) is 0 Å². The number of carbonyl (C=O) groups excluding carboxylic acids is 1. The summed E-state index contributed by atoms with van der Waals surface area (Å²) in [6.07, 6.45) is 0.953. The Morgan fingerprint density at radius 1 is 1.21 bits per heavy atom. The first-order valence-electron chi connectivity index (χ1n) is 5.80. The molecular formula is C14H12Br2O2S. The third-order valence-corrected chi connectivity index (χ3v) is 5.07. The third-order valence-electron chi connectivity index (χ3n) is 2.55. The SMILES string of the molecule is CCc1ccc(C(=O)COc2c(Br)cccc2Br)s1. The Labute approximate surface area is 133 Å². The highest BCUT2D eigenvalue weighted by Gasteiger charge is 2.12. The minimum Gasteiger partial charge on any atom is -0.483 e. The summed E-state index contributed by atoms with van der Waals surface area (Å²) in [6.45, 7) is 2.12. The quantitative estimate of drug-likeness (QED) is 0.649. The molecular weight excluding hydrogens is 392 g/mol. The molecule has 0 amide bonds. The van der Waals surface area contributed by atoms with Gasteiger partial charge in [0.1, 0.15) is 5.75 Å². The number of para-hydroxylation sites is 1. The fourth-order valence-corrected chi connectivity index (χ4v) is 3.65. The maximum Gasteiger partial charge on any atom is 0.210 e. The maximum absolute atomic E-state index is 12.0. The molecule has 0 bridgehead atoms. The standard InChI is InChI=1S/C14H12Br2O2S/c1-2-9-6-7-13(19-9)12(17)8-18-14-10(15)4-3-5-11(14)16/h3-7H,2,8H2,1H3. The number of Topliss-reactive ketones (excluding diaryl/α,β-unsaturated/α-hetero) is 1. The predicted octanol–water partition coefficient (Wildman–Crippen LogP) is 5.10. The number of carbonyl (C=O) groups is 1. The Kier molecular flexibility index (Phi) is 5.19. The topological polar surface area (TPSA) is 26.3 Å². The number of hydrogen-bond acceptors (Lipinski definition) is 3. The summed E-state index contributed by atoms with van der Waals surface area (Å²) in [5, 5.41) is 0. The Hall–Kier alpha value is -0.650. The van der Waals surface area contributed by atoms with Crippen LogP contribution in [-0.2, 0) is 6.42 Å². The fraction of sp³-hybridized carbons (Fsp3) is 0.214. The van der Waals surface area contributed by atoms with Crippen molar-refractivity contribution in [3.63, 3.8) is 0 Å². The van der Waals surface area contributed by atoms with Crippen LogP contribution in [0, 0.1) is 0 Å². The second-order valence-corrected chi connectivity index (χ2v) is 6.76. The van der Waals surface area contributed by atoms with E-state index in [1.165, 1.54) is 16.2 Å². The average Bonchev–Trinajstić information content (AvgIpc) is 2.86. The van der Waals surface area contributed by atoms with E-state index >= 15 is 0 Å². The average molecular weight is 404 g/mol. The summed E-state index contributed by atoms with van der Waals surface area (Å²) in [5.74, 6) is 0.662. The Bertz CT molecular complexity index is 573. The van der Waals surface area contributed by atoms with Gasteiger partial charge in [-0.15, -0.1) is 11.3 Å². The van der Waals surface area contributed by atoms with Crippen molar-refractivity contribution in [2.24, 2.45) is 0 Å². The van der Waals surface area contributed by atoms with Crippen LogP contribution in [0.2, 0.25) is 0 Å². The summed E-state index contributed by atoms with van der Waals surface area (Å²) < 4.78 is 7.25. The van der Waals surface area contributed by atoms with Gasteiger partial charge in [0.05, 0.1) is 13.8 Å². The van der Waals surface area contributed by atoms with Gasteiger partial charge in [0, 0.05) is 4.88 Å². The highest BCUT2D eigenvalue weighted by atomic mass is 79.9. The van der Waals surface area contributed by atoms with E-state index in [-0.39, 0.29) is 12.4 Å². The first-order chi connectivity index (χ1) is 9.11. The molecule has 1 heterocycles. The monoisotopic (exact) mass is 402 g/mol. The van der Waals surface area contributed by atoms with Crippen LogP contribution >= 0.6 is 43.2 Å². The Morgan fingerprint density at radius 2 is 1.89 bits per heavy atom. The Morgan fingerprint density at radius 3 is 2.47 bits per heavy atom. The van der Waals surface area contributed by atoms with Gasteiger partial charge in [-0.05, 0) is 62.5 Å². The maximum atomic E-state index is 12.0. The van der Waals surface area contributed by atoms with Crippen LogP contribution in [0.25, 0.3) is 0 Å². The zero-order valence-corrected chi connectivity index (χ0v) is 14.3. The molecule has 0 N–H and O–H groups in total. The molecule has 0 aliphatic heterocycles. The van der Waals surface area contributed by atoms with Crippen molar-refractivity contribution in [1.29, 1.82) is 0 Å². The van der Waals surface area contributed by atoms with Crippen molar-refractivity contribution in [3.8, 4) is 5.75 Å². The molecule has 19 heavy (non-hydrogen) atoms. The summed E-state index contributed by atoms with van der Waals surface area (Å²) in [7, 11) is 0. The molecule has 100 valence electrons. The molecule has 2 rings (SSSR count). The largest absolute Gasteiger partial charge is 0.483 e. The normalized spacial score (nSPS) is 10.5. The molecule has 1 aromatic carbocycles. The molecule has 0 spiro atoms. The molecule has 0 aliphatic rings. The van der Waals surface area contributed by atoms with Crippen LogP contribution in [0.1, 0.15) is 21.5 Å². The third kappa shape index (κ3) is 3.68. The highest BCUT2D eigenvalue weighted by Crippen LogP contribution is 2.33. The van der Waals surface area contributed by atoms with Gasteiger partial charge in [-0.25, -0.2) is 0 Å². The summed E-state index contributed by atoms with van der Waals surface area (Å²) in [6, 6.07) is 9.52. The van der Waals surface area contributed by atoms with Crippen LogP contribution < -0.4 is 4.74 Å². The first kappa shape index (κ1) is 14.8. The zero-order chi connectivity index (χ0) is 13.8. The smallest absolute Gasteiger partial charge is 0.210 e. The van der Waals surface area contributed by atoms with Gasteiger partial charge in [0.15, 0.2) is 6.61 Å². The van der Waals surface area contributed by atoms with Crippen LogP contribution in [0.15, 0.2) is 39.3 Å². The number of benzene rings is 1. The van der Waals surface area contributed by atoms with E-state index in [9.17, 15) is 4.79 Å². The van der Waals surface area contributed by atoms with E-state index in [2.05, 4.69) is 38.8 Å². The molecule has 0 saturated heterocycles. The minimum atomic E-state index is 0.00681. The molecule has 0 aliphatic carbocycles. The van der Waals surface area contributed by atoms with Gasteiger partial charge in [-0.2, -0.15) is 0 Å². The lowest BCUT2D eigenvalue weighted by atomic mass is 10.3. The van der Waals surface area contributed by atoms with Crippen molar-refractivity contribution < 1.29 is 9.53 Å². The second-order valence-electron chi connectivity index (χ2n) is 3.88. The predicted molar refractivity (Wildman–Crippen MR) is 85.4 cm³/mol. The lowest BCUT2D eigenvalue weighted by Gasteiger charge is -2.08. The van der Waals surface area contributed by atoms with Gasteiger partial charge in [0.25, 0.3) is 0 Å².